The molecule has 0 fully saturated rings. The van der Waals surface area contributed by atoms with Crippen molar-refractivity contribution in [3.63, 3.8) is 0 Å². The Morgan fingerprint density at radius 1 is 1.14 bits per heavy atom. The molecule has 0 spiro atoms. The highest BCUT2D eigenvalue weighted by Gasteiger charge is 2.21. The molecule has 3 rings (SSSR count). The number of benzene rings is 2. The molecule has 0 amide bonds. The normalized spacial score (nSPS) is 12.4. The average molecular weight is 417 g/mol. The molecule has 0 saturated heterocycles. The number of pyridine rings is 1. The second kappa shape index (κ2) is 8.10. The molecule has 0 bridgehead atoms. The quantitative estimate of drug-likeness (QED) is 0.595. The summed E-state index contributed by atoms with van der Waals surface area (Å²) in [5, 5.41) is 11.0. The van der Waals surface area contributed by atoms with Gasteiger partial charge in [0.05, 0.1) is 10.6 Å². The summed E-state index contributed by atoms with van der Waals surface area (Å²) in [6, 6.07) is 13.5. The van der Waals surface area contributed by atoms with Crippen LogP contribution in [0.15, 0.2) is 71.9 Å². The first-order chi connectivity index (χ1) is 13.3. The lowest BCUT2D eigenvalue weighted by molar-refractivity contribution is 0.101. The Morgan fingerprint density at radius 3 is 2.46 bits per heavy atom. The van der Waals surface area contributed by atoms with Crippen LogP contribution in [-0.4, -0.2) is 24.3 Å². The topological polar surface area (TPSA) is 96.4 Å². The van der Waals surface area contributed by atoms with Gasteiger partial charge in [0.2, 0.25) is 0 Å². The maximum absolute atomic E-state index is 12.8. The maximum atomic E-state index is 12.8. The average Bonchev–Trinajstić information content (AvgIpc) is 2.69. The molecule has 28 heavy (non-hydrogen) atoms. The van der Waals surface area contributed by atoms with Crippen LogP contribution in [0.4, 0.5) is 5.69 Å². The zero-order valence-electron chi connectivity index (χ0n) is 14.8. The summed E-state index contributed by atoms with van der Waals surface area (Å²) in [7, 11) is -3.94. The van der Waals surface area contributed by atoms with Crippen LogP contribution in [0.2, 0.25) is 5.02 Å². The second-order valence-corrected chi connectivity index (χ2v) is 8.23. The number of hydrogen-bond acceptors (Lipinski definition) is 5. The molecule has 1 aromatic heterocycles. The monoisotopic (exact) mass is 416 g/mol. The Balaban J connectivity index is 1.96. The smallest absolute Gasteiger partial charge is 0.261 e. The Labute approximate surface area is 167 Å². The van der Waals surface area contributed by atoms with Crippen LogP contribution in [-0.2, 0) is 10.0 Å². The van der Waals surface area contributed by atoms with E-state index in [0.29, 0.717) is 21.7 Å². The summed E-state index contributed by atoms with van der Waals surface area (Å²) in [5.41, 5.74) is 1.40. The third-order valence-electron chi connectivity index (χ3n) is 4.12. The number of sulfonamides is 1. The number of aliphatic hydroxyl groups is 1. The number of hydrogen-bond donors (Lipinski definition) is 2. The van der Waals surface area contributed by atoms with E-state index in [4.69, 9.17) is 11.6 Å². The molecule has 6 nitrogen and oxygen atoms in total. The van der Waals surface area contributed by atoms with Crippen LogP contribution in [0, 0.1) is 0 Å². The van der Waals surface area contributed by atoms with Crippen molar-refractivity contribution >= 4 is 33.1 Å². The first kappa shape index (κ1) is 20.0. The molecule has 0 saturated carbocycles. The van der Waals surface area contributed by atoms with Gasteiger partial charge in [0.25, 0.3) is 10.0 Å². The molecular formula is C20H17ClN2O4S. The summed E-state index contributed by atoms with van der Waals surface area (Å²) < 4.78 is 28.0. The summed E-state index contributed by atoms with van der Waals surface area (Å²) in [5.74, 6) is -0.156. The lowest BCUT2D eigenvalue weighted by Gasteiger charge is -2.17. The number of anilines is 1. The fraction of sp³-hybridized carbons (Fsp3) is 0.100. The van der Waals surface area contributed by atoms with E-state index in [2.05, 4.69) is 9.71 Å². The molecule has 144 valence electrons. The van der Waals surface area contributed by atoms with Gasteiger partial charge in [0.1, 0.15) is 6.10 Å². The van der Waals surface area contributed by atoms with Crippen molar-refractivity contribution < 1.29 is 18.3 Å². The van der Waals surface area contributed by atoms with Gasteiger partial charge in [-0.15, -0.1) is 0 Å². The highest BCUT2D eigenvalue weighted by atomic mass is 35.5. The number of halogens is 1. The fourth-order valence-corrected chi connectivity index (χ4v) is 3.91. The fourth-order valence-electron chi connectivity index (χ4n) is 2.64. The standard InChI is InChI=1S/C20H17ClN2O4S/c1-13(24)14-4-7-17(8-5-14)28(26,27)23-19-9-6-16(21)11-18(19)20(25)15-3-2-10-22-12-15/h2-12,20,23,25H,1H3. The van der Waals surface area contributed by atoms with E-state index < -0.39 is 16.1 Å². The SMILES string of the molecule is CC(=O)c1ccc(S(=O)(=O)Nc2ccc(Cl)cc2C(O)c2cccnc2)cc1. The van der Waals surface area contributed by atoms with Gasteiger partial charge >= 0.3 is 0 Å². The van der Waals surface area contributed by atoms with E-state index in [9.17, 15) is 18.3 Å². The molecule has 3 aromatic rings. The first-order valence-electron chi connectivity index (χ1n) is 8.29. The van der Waals surface area contributed by atoms with E-state index in [0.717, 1.165) is 0 Å². The van der Waals surface area contributed by atoms with Gasteiger partial charge in [-0.2, -0.15) is 0 Å². The third-order valence-corrected chi connectivity index (χ3v) is 5.74. The lowest BCUT2D eigenvalue weighted by atomic mass is 10.0. The number of aliphatic hydroxyl groups excluding tert-OH is 1. The lowest BCUT2D eigenvalue weighted by Crippen LogP contribution is -2.15. The van der Waals surface area contributed by atoms with Gasteiger partial charge in [-0.25, -0.2) is 8.42 Å². The Kier molecular flexibility index (Phi) is 5.79. The number of carbonyl (C=O) groups excluding carboxylic acids is 1. The minimum absolute atomic E-state index is 0.00531. The van der Waals surface area contributed by atoms with Crippen LogP contribution in [0.5, 0.6) is 0 Å². The molecule has 1 unspecified atom stereocenters. The molecule has 8 heteroatoms. The van der Waals surface area contributed by atoms with Crippen molar-refractivity contribution in [3.8, 4) is 0 Å². The Morgan fingerprint density at radius 2 is 1.86 bits per heavy atom. The molecule has 2 aromatic carbocycles. The largest absolute Gasteiger partial charge is 0.384 e. The van der Waals surface area contributed by atoms with Crippen LogP contribution < -0.4 is 4.72 Å². The third kappa shape index (κ3) is 4.39. The number of ketones is 1. The van der Waals surface area contributed by atoms with Crippen LogP contribution in [0.3, 0.4) is 0 Å². The summed E-state index contributed by atoms with van der Waals surface area (Å²) in [4.78, 5) is 15.3. The van der Waals surface area contributed by atoms with E-state index >= 15 is 0 Å². The molecule has 1 heterocycles. The van der Waals surface area contributed by atoms with Gasteiger partial charge < -0.3 is 5.11 Å². The van der Waals surface area contributed by atoms with Crippen LogP contribution in [0.1, 0.15) is 34.5 Å². The van der Waals surface area contributed by atoms with E-state index in [1.54, 1.807) is 18.3 Å². The second-order valence-electron chi connectivity index (χ2n) is 6.11. The number of aromatic nitrogens is 1. The van der Waals surface area contributed by atoms with Crippen molar-refractivity contribution in [1.29, 1.82) is 0 Å². The predicted octanol–water partition coefficient (Wildman–Crippen LogP) is 3.82. The molecule has 2 N–H and O–H groups in total. The van der Waals surface area contributed by atoms with Crippen LogP contribution in [0.25, 0.3) is 0 Å². The Hall–Kier alpha value is -2.74. The van der Waals surface area contributed by atoms with E-state index in [1.165, 1.54) is 55.6 Å². The zero-order valence-corrected chi connectivity index (χ0v) is 16.4. The van der Waals surface area contributed by atoms with Gasteiger partial charge in [-0.1, -0.05) is 29.8 Å². The molecule has 0 aliphatic carbocycles. The van der Waals surface area contributed by atoms with Gasteiger partial charge in [0, 0.05) is 34.1 Å². The minimum Gasteiger partial charge on any atom is -0.384 e. The number of nitrogens with zero attached hydrogens (tertiary/aromatic N) is 1. The molecule has 1 atom stereocenters. The van der Waals surface area contributed by atoms with Crippen molar-refractivity contribution in [2.24, 2.45) is 0 Å². The number of rotatable bonds is 6. The Bertz CT molecular complexity index is 1100. The highest BCUT2D eigenvalue weighted by molar-refractivity contribution is 7.92. The van der Waals surface area contributed by atoms with E-state index in [-0.39, 0.29) is 16.4 Å². The molecular weight excluding hydrogens is 400 g/mol. The van der Waals surface area contributed by atoms with Crippen molar-refractivity contribution in [2.75, 3.05) is 4.72 Å². The predicted molar refractivity (Wildman–Crippen MR) is 107 cm³/mol. The van der Waals surface area contributed by atoms with Crippen molar-refractivity contribution in [1.82, 2.24) is 4.98 Å². The summed E-state index contributed by atoms with van der Waals surface area (Å²) in [6.07, 6.45) is 1.94. The molecule has 0 aliphatic rings. The summed E-state index contributed by atoms with van der Waals surface area (Å²) >= 11 is 6.05. The summed E-state index contributed by atoms with van der Waals surface area (Å²) in [6.45, 7) is 1.40. The van der Waals surface area contributed by atoms with Gasteiger partial charge in [-0.3, -0.25) is 14.5 Å². The molecule has 0 aliphatic heterocycles. The number of carbonyl (C=O) groups is 1. The first-order valence-corrected chi connectivity index (χ1v) is 10.2. The van der Waals surface area contributed by atoms with Crippen LogP contribution >= 0.6 is 11.6 Å². The zero-order chi connectivity index (χ0) is 20.3. The van der Waals surface area contributed by atoms with Crippen molar-refractivity contribution in [3.05, 3.63) is 88.7 Å². The maximum Gasteiger partial charge on any atom is 0.261 e. The van der Waals surface area contributed by atoms with E-state index in [1.807, 2.05) is 0 Å². The minimum atomic E-state index is -3.94. The highest BCUT2D eigenvalue weighted by Crippen LogP contribution is 2.32. The number of Topliss-reactive ketones (excluding diaryl/α,β-unsaturated/α-hetero) is 1. The number of nitrogens with one attached hydrogen (secondary N) is 1. The molecule has 0 radical (unpaired) electrons. The van der Waals surface area contributed by atoms with Gasteiger partial charge in [-0.05, 0) is 43.3 Å². The van der Waals surface area contributed by atoms with Crippen molar-refractivity contribution in [2.45, 2.75) is 17.9 Å². The van der Waals surface area contributed by atoms with Gasteiger partial charge in [0.15, 0.2) is 5.78 Å².